The lowest BCUT2D eigenvalue weighted by Gasteiger charge is -2.46. The number of oxime groups is 1. The van der Waals surface area contributed by atoms with Gasteiger partial charge in [0.05, 0.1) is 6.42 Å². The van der Waals surface area contributed by atoms with Gasteiger partial charge in [-0.2, -0.15) is 0 Å². The van der Waals surface area contributed by atoms with Crippen LogP contribution in [0.2, 0.25) is 0 Å². The molecule has 2 atom stereocenters. The van der Waals surface area contributed by atoms with E-state index < -0.39 is 23.5 Å². The number of ether oxygens (including phenoxy) is 1. The first-order chi connectivity index (χ1) is 10.3. The SMILES string of the molecule is CC(C)(C)OC(=O)N1CCC1C1(O)CC(c2nccs2)=NO1. The molecule has 7 nitrogen and oxygen atoms in total. The van der Waals surface area contributed by atoms with E-state index in [1.807, 2.05) is 26.2 Å². The number of aliphatic hydroxyl groups is 1. The number of rotatable bonds is 2. The summed E-state index contributed by atoms with van der Waals surface area (Å²) in [7, 11) is 0. The zero-order valence-electron chi connectivity index (χ0n) is 12.8. The van der Waals surface area contributed by atoms with Gasteiger partial charge in [-0.1, -0.05) is 5.16 Å². The Bertz CT molecular complexity index is 596. The number of amides is 1. The van der Waals surface area contributed by atoms with Gasteiger partial charge >= 0.3 is 6.09 Å². The molecule has 0 spiro atoms. The van der Waals surface area contributed by atoms with Crippen LogP contribution in [-0.4, -0.2) is 50.8 Å². The third kappa shape index (κ3) is 2.80. The van der Waals surface area contributed by atoms with Crippen LogP contribution in [0, 0.1) is 0 Å². The number of hydrogen-bond donors (Lipinski definition) is 1. The fourth-order valence-electron chi connectivity index (χ4n) is 2.49. The standard InChI is InChI=1S/C14H19N3O4S/c1-13(2,3)20-12(18)17-6-4-10(17)14(19)8-9(16-21-14)11-15-5-7-22-11/h5,7,10,19H,4,6,8H2,1-3H3. The Morgan fingerprint density at radius 2 is 2.36 bits per heavy atom. The van der Waals surface area contributed by atoms with Crippen molar-refractivity contribution in [3.63, 3.8) is 0 Å². The molecule has 0 aliphatic carbocycles. The topological polar surface area (TPSA) is 84.2 Å². The number of carbonyl (C=O) groups is 1. The van der Waals surface area contributed by atoms with Crippen molar-refractivity contribution in [3.8, 4) is 0 Å². The maximum atomic E-state index is 12.1. The van der Waals surface area contributed by atoms with Crippen LogP contribution in [-0.2, 0) is 9.57 Å². The quantitative estimate of drug-likeness (QED) is 0.898. The summed E-state index contributed by atoms with van der Waals surface area (Å²) in [5, 5.41) is 17.2. The molecule has 3 heterocycles. The third-order valence-electron chi connectivity index (χ3n) is 3.58. The monoisotopic (exact) mass is 325 g/mol. The number of likely N-dealkylation sites (tertiary alicyclic amines) is 1. The molecule has 0 bridgehead atoms. The van der Waals surface area contributed by atoms with Gasteiger partial charge < -0.3 is 14.7 Å². The van der Waals surface area contributed by atoms with Crippen LogP contribution in [0.3, 0.4) is 0 Å². The lowest BCUT2D eigenvalue weighted by molar-refractivity contribution is -0.240. The van der Waals surface area contributed by atoms with Gasteiger partial charge in [-0.25, -0.2) is 9.78 Å². The molecule has 3 rings (SSSR count). The van der Waals surface area contributed by atoms with E-state index in [4.69, 9.17) is 9.57 Å². The van der Waals surface area contributed by atoms with E-state index in [1.165, 1.54) is 16.2 Å². The van der Waals surface area contributed by atoms with Crippen LogP contribution in [0.25, 0.3) is 0 Å². The maximum absolute atomic E-state index is 12.1. The molecule has 1 aromatic rings. The van der Waals surface area contributed by atoms with E-state index in [-0.39, 0.29) is 6.42 Å². The Labute approximate surface area is 132 Å². The molecule has 8 heteroatoms. The number of nitrogens with zero attached hydrogens (tertiary/aromatic N) is 3. The minimum Gasteiger partial charge on any atom is -0.444 e. The van der Waals surface area contributed by atoms with Crippen LogP contribution in [0.1, 0.15) is 38.6 Å². The van der Waals surface area contributed by atoms with Crippen molar-refractivity contribution >= 4 is 23.1 Å². The van der Waals surface area contributed by atoms with E-state index in [2.05, 4.69) is 10.1 Å². The van der Waals surface area contributed by atoms with E-state index in [9.17, 15) is 9.90 Å². The largest absolute Gasteiger partial charge is 0.444 e. The molecule has 1 N–H and O–H groups in total. The highest BCUT2D eigenvalue weighted by Gasteiger charge is 2.54. The predicted molar refractivity (Wildman–Crippen MR) is 80.6 cm³/mol. The summed E-state index contributed by atoms with van der Waals surface area (Å²) >= 11 is 1.43. The van der Waals surface area contributed by atoms with Crippen LogP contribution in [0.5, 0.6) is 0 Å². The Hall–Kier alpha value is -1.67. The number of thiazole rings is 1. The van der Waals surface area contributed by atoms with Crippen LogP contribution >= 0.6 is 11.3 Å². The molecule has 2 unspecified atom stereocenters. The second-order valence-corrected chi connectivity index (χ2v) is 7.36. The molecule has 1 amide bonds. The van der Waals surface area contributed by atoms with Crippen LogP contribution < -0.4 is 0 Å². The molecule has 120 valence electrons. The van der Waals surface area contributed by atoms with Crippen LogP contribution in [0.4, 0.5) is 4.79 Å². The molecule has 0 aromatic carbocycles. The van der Waals surface area contributed by atoms with E-state index in [1.54, 1.807) is 6.20 Å². The summed E-state index contributed by atoms with van der Waals surface area (Å²) in [6.07, 6.45) is 2.10. The Balaban J connectivity index is 1.66. The first-order valence-electron chi connectivity index (χ1n) is 7.15. The van der Waals surface area contributed by atoms with Crippen molar-refractivity contribution in [1.29, 1.82) is 0 Å². The molecular formula is C14H19N3O4S. The maximum Gasteiger partial charge on any atom is 0.410 e. The fraction of sp³-hybridized carbons (Fsp3) is 0.643. The molecule has 1 aromatic heterocycles. The van der Waals surface area contributed by atoms with E-state index in [0.717, 1.165) is 5.01 Å². The lowest BCUT2D eigenvalue weighted by atomic mass is 9.91. The molecular weight excluding hydrogens is 306 g/mol. The molecule has 2 aliphatic rings. The van der Waals surface area contributed by atoms with E-state index in [0.29, 0.717) is 18.7 Å². The Kier molecular flexibility index (Phi) is 3.60. The van der Waals surface area contributed by atoms with Crippen molar-refractivity contribution in [1.82, 2.24) is 9.88 Å². The number of aromatic nitrogens is 1. The van der Waals surface area contributed by atoms with Crippen molar-refractivity contribution < 1.29 is 19.5 Å². The van der Waals surface area contributed by atoms with Gasteiger partial charge in [-0.15, -0.1) is 11.3 Å². The van der Waals surface area contributed by atoms with Crippen molar-refractivity contribution in [2.75, 3.05) is 6.54 Å². The van der Waals surface area contributed by atoms with Gasteiger partial charge in [-0.3, -0.25) is 4.90 Å². The molecule has 22 heavy (non-hydrogen) atoms. The van der Waals surface area contributed by atoms with Crippen molar-refractivity contribution in [2.45, 2.75) is 51.0 Å². The predicted octanol–water partition coefficient (Wildman–Crippen LogP) is 1.97. The number of hydrogen-bond acceptors (Lipinski definition) is 7. The van der Waals surface area contributed by atoms with Gasteiger partial charge in [0, 0.05) is 18.1 Å². The molecule has 0 radical (unpaired) electrons. The minimum absolute atomic E-state index is 0.213. The molecule has 0 saturated carbocycles. The van der Waals surface area contributed by atoms with Gasteiger partial charge in [-0.05, 0) is 27.2 Å². The summed E-state index contributed by atoms with van der Waals surface area (Å²) in [4.78, 5) is 23.1. The molecule has 1 saturated heterocycles. The minimum atomic E-state index is -1.50. The second kappa shape index (κ2) is 5.20. The Morgan fingerprint density at radius 3 is 2.91 bits per heavy atom. The summed E-state index contributed by atoms with van der Waals surface area (Å²) in [5.74, 6) is -1.50. The van der Waals surface area contributed by atoms with Gasteiger partial charge in [0.25, 0.3) is 5.79 Å². The molecule has 1 fully saturated rings. The van der Waals surface area contributed by atoms with Gasteiger partial charge in [0.2, 0.25) is 0 Å². The summed E-state index contributed by atoms with van der Waals surface area (Å²) in [6.45, 7) is 5.97. The highest BCUT2D eigenvalue weighted by Crippen LogP contribution is 2.37. The first-order valence-corrected chi connectivity index (χ1v) is 8.03. The average Bonchev–Trinajstić information content (AvgIpc) is 2.93. The summed E-state index contributed by atoms with van der Waals surface area (Å²) < 4.78 is 5.35. The first kappa shape index (κ1) is 15.2. The van der Waals surface area contributed by atoms with E-state index >= 15 is 0 Å². The summed E-state index contributed by atoms with van der Waals surface area (Å²) in [5.41, 5.74) is 0.0346. The Morgan fingerprint density at radius 1 is 1.59 bits per heavy atom. The highest BCUT2D eigenvalue weighted by atomic mass is 32.1. The number of carbonyl (C=O) groups excluding carboxylic acids is 1. The molecule has 2 aliphatic heterocycles. The third-order valence-corrected chi connectivity index (χ3v) is 4.40. The van der Waals surface area contributed by atoms with Gasteiger partial charge in [0.15, 0.2) is 0 Å². The zero-order chi connectivity index (χ0) is 16.0. The van der Waals surface area contributed by atoms with Crippen LogP contribution in [0.15, 0.2) is 16.7 Å². The second-order valence-electron chi connectivity index (χ2n) is 6.47. The van der Waals surface area contributed by atoms with Crippen molar-refractivity contribution in [2.24, 2.45) is 5.16 Å². The highest BCUT2D eigenvalue weighted by molar-refractivity contribution is 7.11. The van der Waals surface area contributed by atoms with Gasteiger partial charge in [0.1, 0.15) is 22.4 Å². The zero-order valence-corrected chi connectivity index (χ0v) is 13.6. The normalized spacial score (nSPS) is 27.9. The fourth-order valence-corrected chi connectivity index (χ4v) is 3.11. The lowest BCUT2D eigenvalue weighted by Crippen LogP contribution is -2.63. The summed E-state index contributed by atoms with van der Waals surface area (Å²) in [6, 6.07) is -0.455. The van der Waals surface area contributed by atoms with Crippen molar-refractivity contribution in [3.05, 3.63) is 16.6 Å². The smallest absolute Gasteiger partial charge is 0.410 e. The average molecular weight is 325 g/mol.